The normalized spacial score (nSPS) is 23.4. The Morgan fingerprint density at radius 3 is 3.00 bits per heavy atom. The molecule has 1 aromatic carbocycles. The molecule has 1 fully saturated rings. The molecule has 2 aromatic rings. The Morgan fingerprint density at radius 2 is 2.29 bits per heavy atom. The zero-order valence-electron chi connectivity index (χ0n) is 9.96. The summed E-state index contributed by atoms with van der Waals surface area (Å²) in [6.07, 6.45) is 1.17. The summed E-state index contributed by atoms with van der Waals surface area (Å²) in [6.45, 7) is 5.57. The number of benzene rings is 1. The van der Waals surface area contributed by atoms with Gasteiger partial charge in [0.1, 0.15) is 0 Å². The first-order chi connectivity index (χ1) is 8.03. The summed E-state index contributed by atoms with van der Waals surface area (Å²) in [4.78, 5) is 4.77. The number of halogens is 1. The second kappa shape index (κ2) is 4.04. The molecule has 0 saturated carbocycles. The number of nitrogens with zero attached hydrogens (tertiary/aromatic N) is 1. The fraction of sp³-hybridized carbons (Fsp3) is 0.462. The highest BCUT2D eigenvalue weighted by Crippen LogP contribution is 2.36. The van der Waals surface area contributed by atoms with E-state index in [-0.39, 0.29) is 5.54 Å². The van der Waals surface area contributed by atoms with Crippen LogP contribution in [0.25, 0.3) is 10.2 Å². The lowest BCUT2D eigenvalue weighted by molar-refractivity contribution is 0.456. The summed E-state index contributed by atoms with van der Waals surface area (Å²) >= 11 is 5.33. The van der Waals surface area contributed by atoms with Gasteiger partial charge in [0.05, 0.1) is 15.2 Å². The van der Waals surface area contributed by atoms with Gasteiger partial charge in [0.25, 0.3) is 0 Å². The van der Waals surface area contributed by atoms with Crippen molar-refractivity contribution in [3.8, 4) is 0 Å². The average Bonchev–Trinajstić information content (AvgIpc) is 2.80. The molecule has 1 aromatic heterocycles. The number of thiazole rings is 1. The Balaban J connectivity index is 1.96. The van der Waals surface area contributed by atoms with Crippen molar-refractivity contribution >= 4 is 37.5 Å². The second-order valence-corrected chi connectivity index (χ2v) is 7.31. The summed E-state index contributed by atoms with van der Waals surface area (Å²) < 4.78 is 2.39. The van der Waals surface area contributed by atoms with E-state index in [2.05, 4.69) is 53.3 Å². The fourth-order valence-corrected chi connectivity index (χ4v) is 3.82. The topological polar surface area (TPSA) is 24.9 Å². The number of aromatic nitrogens is 1. The molecule has 90 valence electrons. The third kappa shape index (κ3) is 2.26. The molecule has 1 unspecified atom stereocenters. The maximum Gasteiger partial charge on any atom is 0.0982 e. The van der Waals surface area contributed by atoms with Gasteiger partial charge in [-0.3, -0.25) is 0 Å². The summed E-state index contributed by atoms with van der Waals surface area (Å²) in [5.41, 5.74) is 1.37. The SMILES string of the molecule is CC1(C)CC(c2nc3cc(Br)ccc3s2)CN1. The summed E-state index contributed by atoms with van der Waals surface area (Å²) in [5, 5.41) is 4.83. The van der Waals surface area contributed by atoms with E-state index in [1.54, 1.807) is 0 Å². The van der Waals surface area contributed by atoms with Crippen LogP contribution in [0.4, 0.5) is 0 Å². The Hall–Kier alpha value is -0.450. The summed E-state index contributed by atoms with van der Waals surface area (Å²) in [5.74, 6) is 0.571. The lowest BCUT2D eigenvalue weighted by atomic mass is 9.97. The van der Waals surface area contributed by atoms with Crippen LogP contribution in [-0.2, 0) is 0 Å². The predicted molar refractivity (Wildman–Crippen MR) is 76.8 cm³/mol. The van der Waals surface area contributed by atoms with Gasteiger partial charge in [-0.15, -0.1) is 11.3 Å². The first-order valence-corrected chi connectivity index (χ1v) is 7.45. The van der Waals surface area contributed by atoms with Crippen LogP contribution in [0.2, 0.25) is 0 Å². The van der Waals surface area contributed by atoms with Gasteiger partial charge in [-0.25, -0.2) is 4.98 Å². The van der Waals surface area contributed by atoms with Crippen molar-refractivity contribution < 1.29 is 0 Å². The van der Waals surface area contributed by atoms with Gasteiger partial charge in [0.2, 0.25) is 0 Å². The Labute approximate surface area is 114 Å². The zero-order chi connectivity index (χ0) is 12.0. The number of nitrogens with one attached hydrogen (secondary N) is 1. The van der Waals surface area contributed by atoms with Gasteiger partial charge >= 0.3 is 0 Å². The molecule has 1 N–H and O–H groups in total. The van der Waals surface area contributed by atoms with Gasteiger partial charge in [-0.05, 0) is 38.5 Å². The maximum atomic E-state index is 4.77. The van der Waals surface area contributed by atoms with E-state index < -0.39 is 0 Å². The molecular weight excluding hydrogens is 296 g/mol. The van der Waals surface area contributed by atoms with E-state index in [0.29, 0.717) is 5.92 Å². The van der Waals surface area contributed by atoms with Gasteiger partial charge in [0.15, 0.2) is 0 Å². The van der Waals surface area contributed by atoms with Crippen LogP contribution in [0.3, 0.4) is 0 Å². The van der Waals surface area contributed by atoms with Crippen molar-refractivity contribution in [2.75, 3.05) is 6.54 Å². The molecule has 1 atom stereocenters. The maximum absolute atomic E-state index is 4.77. The van der Waals surface area contributed by atoms with Crippen LogP contribution in [0.1, 0.15) is 31.2 Å². The lowest BCUT2D eigenvalue weighted by Gasteiger charge is -2.16. The first-order valence-electron chi connectivity index (χ1n) is 5.84. The van der Waals surface area contributed by atoms with Crippen LogP contribution in [-0.4, -0.2) is 17.1 Å². The summed E-state index contributed by atoms with van der Waals surface area (Å²) in [6, 6.07) is 6.33. The molecule has 3 rings (SSSR count). The smallest absolute Gasteiger partial charge is 0.0982 e. The Morgan fingerprint density at radius 1 is 1.47 bits per heavy atom. The number of fused-ring (bicyclic) bond motifs is 1. The summed E-state index contributed by atoms with van der Waals surface area (Å²) in [7, 11) is 0. The third-order valence-electron chi connectivity index (χ3n) is 3.30. The average molecular weight is 311 g/mol. The molecule has 0 spiro atoms. The van der Waals surface area contributed by atoms with Gasteiger partial charge in [-0.2, -0.15) is 0 Å². The Kier molecular flexibility index (Phi) is 2.76. The minimum absolute atomic E-state index is 0.253. The lowest BCUT2D eigenvalue weighted by Crippen LogP contribution is -2.31. The molecular formula is C13H15BrN2S. The molecule has 1 aliphatic heterocycles. The van der Waals surface area contributed by atoms with Crippen LogP contribution in [0, 0.1) is 0 Å². The van der Waals surface area contributed by atoms with Crippen LogP contribution in [0.5, 0.6) is 0 Å². The van der Waals surface area contributed by atoms with E-state index in [9.17, 15) is 0 Å². The van der Waals surface area contributed by atoms with Gasteiger partial charge < -0.3 is 5.32 Å². The molecule has 17 heavy (non-hydrogen) atoms. The van der Waals surface area contributed by atoms with Crippen molar-refractivity contribution in [2.45, 2.75) is 31.7 Å². The molecule has 0 radical (unpaired) electrons. The minimum atomic E-state index is 0.253. The van der Waals surface area contributed by atoms with E-state index in [4.69, 9.17) is 4.98 Å². The molecule has 1 aliphatic rings. The first kappa shape index (κ1) is 11.6. The molecule has 2 nitrogen and oxygen atoms in total. The fourth-order valence-electron chi connectivity index (χ4n) is 2.43. The molecule has 2 heterocycles. The monoisotopic (exact) mass is 310 g/mol. The molecule has 1 saturated heterocycles. The van der Waals surface area contributed by atoms with Crippen LogP contribution >= 0.6 is 27.3 Å². The van der Waals surface area contributed by atoms with Crippen molar-refractivity contribution in [3.05, 3.63) is 27.7 Å². The highest BCUT2D eigenvalue weighted by molar-refractivity contribution is 9.10. The quantitative estimate of drug-likeness (QED) is 0.863. The van der Waals surface area contributed by atoms with Crippen molar-refractivity contribution in [1.29, 1.82) is 0 Å². The minimum Gasteiger partial charge on any atom is -0.311 e. The van der Waals surface area contributed by atoms with E-state index in [0.717, 1.165) is 16.5 Å². The van der Waals surface area contributed by atoms with Crippen LogP contribution < -0.4 is 5.32 Å². The van der Waals surface area contributed by atoms with E-state index in [1.165, 1.54) is 16.1 Å². The molecule has 0 amide bonds. The zero-order valence-corrected chi connectivity index (χ0v) is 12.4. The van der Waals surface area contributed by atoms with Crippen molar-refractivity contribution in [2.24, 2.45) is 0 Å². The number of hydrogen-bond acceptors (Lipinski definition) is 3. The second-order valence-electron chi connectivity index (χ2n) is 5.33. The van der Waals surface area contributed by atoms with Crippen molar-refractivity contribution in [3.63, 3.8) is 0 Å². The van der Waals surface area contributed by atoms with Gasteiger partial charge in [0, 0.05) is 22.5 Å². The predicted octanol–water partition coefficient (Wildman–Crippen LogP) is 3.91. The highest BCUT2D eigenvalue weighted by atomic mass is 79.9. The molecule has 0 aliphatic carbocycles. The molecule has 4 heteroatoms. The van der Waals surface area contributed by atoms with E-state index in [1.807, 2.05) is 11.3 Å². The number of hydrogen-bond donors (Lipinski definition) is 1. The standard InChI is InChI=1S/C13H15BrN2S/c1-13(2)6-8(7-15-13)12-16-10-5-9(14)3-4-11(10)17-12/h3-5,8,15H,6-7H2,1-2H3. The Bertz CT molecular complexity index is 562. The van der Waals surface area contributed by atoms with Gasteiger partial charge in [-0.1, -0.05) is 15.9 Å². The van der Waals surface area contributed by atoms with Crippen LogP contribution in [0.15, 0.2) is 22.7 Å². The largest absolute Gasteiger partial charge is 0.311 e. The van der Waals surface area contributed by atoms with E-state index >= 15 is 0 Å². The third-order valence-corrected chi connectivity index (χ3v) is 4.99. The molecule has 0 bridgehead atoms. The van der Waals surface area contributed by atoms with Crippen molar-refractivity contribution in [1.82, 2.24) is 10.3 Å². The highest BCUT2D eigenvalue weighted by Gasteiger charge is 2.32. The number of rotatable bonds is 1.